The third-order valence-electron chi connectivity index (χ3n) is 2.03. The molecule has 0 heterocycles. The largest absolute Gasteiger partial charge is 0.369 e. The highest BCUT2D eigenvalue weighted by Gasteiger charge is 2.09. The highest BCUT2D eigenvalue weighted by molar-refractivity contribution is 9.10. The molecule has 0 aliphatic carbocycles. The van der Waals surface area contributed by atoms with Crippen LogP contribution >= 0.6 is 31.9 Å². The molecule has 0 saturated heterocycles. The molecule has 0 aliphatic rings. The second-order valence-corrected chi connectivity index (χ2v) is 4.60. The second-order valence-electron chi connectivity index (χ2n) is 3.18. The van der Waals surface area contributed by atoms with Crippen LogP contribution in [-0.2, 0) is 5.33 Å². The van der Waals surface area contributed by atoms with Gasteiger partial charge in [0.05, 0.1) is 6.54 Å². The summed E-state index contributed by atoms with van der Waals surface area (Å²) in [6.45, 7) is -0.250. The summed E-state index contributed by atoms with van der Waals surface area (Å²) >= 11 is 6.74. The summed E-state index contributed by atoms with van der Waals surface area (Å²) in [5.74, 6) is 0. The maximum absolute atomic E-state index is 12.2. The van der Waals surface area contributed by atoms with Crippen LogP contribution in [0.1, 0.15) is 5.56 Å². The van der Waals surface area contributed by atoms with E-state index in [1.54, 1.807) is 7.05 Å². The topological polar surface area (TPSA) is 3.24 Å². The molecule has 84 valence electrons. The average molecular weight is 343 g/mol. The molecule has 0 saturated carbocycles. The van der Waals surface area contributed by atoms with Crippen molar-refractivity contribution in [3.8, 4) is 0 Å². The Hall–Kier alpha value is -0.160. The molecule has 1 nitrogen and oxygen atoms in total. The molecule has 0 N–H and O–H groups in total. The standard InChI is InChI=1S/C10H11Br2F2N/c1-15(6-10(13)14)8-3-2-7(5-11)9(12)4-8/h2-4,10H,5-6H2,1H3. The van der Waals surface area contributed by atoms with E-state index in [4.69, 9.17) is 0 Å². The summed E-state index contributed by atoms with van der Waals surface area (Å²) in [5, 5.41) is 0.742. The van der Waals surface area contributed by atoms with Crippen LogP contribution in [-0.4, -0.2) is 20.0 Å². The number of anilines is 1. The smallest absolute Gasteiger partial charge is 0.255 e. The van der Waals surface area contributed by atoms with E-state index in [1.807, 2.05) is 18.2 Å². The van der Waals surface area contributed by atoms with Crippen LogP contribution in [0.15, 0.2) is 22.7 Å². The lowest BCUT2D eigenvalue weighted by Gasteiger charge is -2.19. The minimum atomic E-state index is -2.32. The van der Waals surface area contributed by atoms with Crippen molar-refractivity contribution in [3.63, 3.8) is 0 Å². The van der Waals surface area contributed by atoms with Gasteiger partial charge in [-0.25, -0.2) is 8.78 Å². The summed E-state index contributed by atoms with van der Waals surface area (Å²) in [6, 6.07) is 5.60. The molecular formula is C10H11Br2F2N. The molecule has 0 aromatic heterocycles. The lowest BCUT2D eigenvalue weighted by atomic mass is 10.2. The molecule has 0 amide bonds. The van der Waals surface area contributed by atoms with Crippen LogP contribution in [0.5, 0.6) is 0 Å². The fraction of sp³-hybridized carbons (Fsp3) is 0.400. The van der Waals surface area contributed by atoms with Crippen molar-refractivity contribution in [3.05, 3.63) is 28.2 Å². The minimum absolute atomic E-state index is 0.250. The molecule has 0 fully saturated rings. The molecule has 0 spiro atoms. The van der Waals surface area contributed by atoms with Gasteiger partial charge in [-0.1, -0.05) is 37.9 Å². The zero-order valence-corrected chi connectivity index (χ0v) is 11.4. The highest BCUT2D eigenvalue weighted by Crippen LogP contribution is 2.25. The van der Waals surface area contributed by atoms with Crippen molar-refractivity contribution < 1.29 is 8.78 Å². The fourth-order valence-electron chi connectivity index (χ4n) is 1.19. The van der Waals surface area contributed by atoms with E-state index in [1.165, 1.54) is 4.90 Å². The van der Waals surface area contributed by atoms with Gasteiger partial charge in [-0.15, -0.1) is 0 Å². The summed E-state index contributed by atoms with van der Waals surface area (Å²) in [6.07, 6.45) is -2.32. The monoisotopic (exact) mass is 341 g/mol. The van der Waals surface area contributed by atoms with Gasteiger partial charge >= 0.3 is 0 Å². The normalized spacial score (nSPS) is 10.8. The first-order chi connectivity index (χ1) is 7.04. The first-order valence-electron chi connectivity index (χ1n) is 4.38. The first-order valence-corrected chi connectivity index (χ1v) is 6.29. The lowest BCUT2D eigenvalue weighted by Crippen LogP contribution is -2.23. The molecule has 1 aromatic rings. The summed E-state index contributed by atoms with van der Waals surface area (Å²) in [7, 11) is 1.65. The molecule has 1 aromatic carbocycles. The van der Waals surface area contributed by atoms with Gasteiger partial charge in [0, 0.05) is 22.5 Å². The van der Waals surface area contributed by atoms with Crippen molar-refractivity contribution in [1.29, 1.82) is 0 Å². The number of rotatable bonds is 4. The van der Waals surface area contributed by atoms with Gasteiger partial charge in [0.2, 0.25) is 0 Å². The molecular weight excluding hydrogens is 332 g/mol. The third-order valence-corrected chi connectivity index (χ3v) is 3.38. The molecule has 0 bridgehead atoms. The van der Waals surface area contributed by atoms with E-state index in [0.717, 1.165) is 21.1 Å². The second kappa shape index (κ2) is 5.80. The van der Waals surface area contributed by atoms with E-state index in [2.05, 4.69) is 31.9 Å². The van der Waals surface area contributed by atoms with Gasteiger partial charge in [-0.05, 0) is 17.7 Å². The predicted octanol–water partition coefficient (Wildman–Crippen LogP) is 4.05. The number of nitrogens with zero attached hydrogens (tertiary/aromatic N) is 1. The Morgan fingerprint density at radius 1 is 1.40 bits per heavy atom. The molecule has 15 heavy (non-hydrogen) atoms. The lowest BCUT2D eigenvalue weighted by molar-refractivity contribution is 0.156. The van der Waals surface area contributed by atoms with Gasteiger partial charge < -0.3 is 4.90 Å². The molecule has 0 radical (unpaired) electrons. The van der Waals surface area contributed by atoms with Crippen LogP contribution in [0, 0.1) is 0 Å². The predicted molar refractivity (Wildman–Crippen MR) is 66.0 cm³/mol. The zero-order valence-electron chi connectivity index (χ0n) is 8.18. The SMILES string of the molecule is CN(CC(F)F)c1ccc(CBr)c(Br)c1. The van der Waals surface area contributed by atoms with Gasteiger partial charge in [-0.3, -0.25) is 0 Å². The molecule has 0 unspecified atom stereocenters. The van der Waals surface area contributed by atoms with Gasteiger partial charge in [-0.2, -0.15) is 0 Å². The van der Waals surface area contributed by atoms with Gasteiger partial charge in [0.1, 0.15) is 0 Å². The quantitative estimate of drug-likeness (QED) is 0.746. The minimum Gasteiger partial charge on any atom is -0.369 e. The van der Waals surface area contributed by atoms with Gasteiger partial charge in [0.25, 0.3) is 6.43 Å². The van der Waals surface area contributed by atoms with Crippen molar-refractivity contribution >= 4 is 37.5 Å². The Balaban J connectivity index is 2.82. The number of hydrogen-bond acceptors (Lipinski definition) is 1. The Kier molecular flexibility index (Phi) is 4.99. The van der Waals surface area contributed by atoms with E-state index >= 15 is 0 Å². The molecule has 0 aliphatic heterocycles. The van der Waals surface area contributed by atoms with Crippen LogP contribution < -0.4 is 4.90 Å². The van der Waals surface area contributed by atoms with Crippen LogP contribution in [0.4, 0.5) is 14.5 Å². The summed E-state index contributed by atoms with van der Waals surface area (Å²) in [5.41, 5.74) is 1.89. The Morgan fingerprint density at radius 2 is 2.07 bits per heavy atom. The Morgan fingerprint density at radius 3 is 2.53 bits per heavy atom. The number of halogens is 4. The molecule has 0 atom stereocenters. The van der Waals surface area contributed by atoms with Crippen molar-refractivity contribution in [2.24, 2.45) is 0 Å². The zero-order chi connectivity index (χ0) is 11.4. The van der Waals surface area contributed by atoms with E-state index in [0.29, 0.717) is 0 Å². The van der Waals surface area contributed by atoms with Crippen LogP contribution in [0.2, 0.25) is 0 Å². The highest BCUT2D eigenvalue weighted by atomic mass is 79.9. The number of alkyl halides is 3. The Bertz CT molecular complexity index is 331. The fourth-order valence-corrected chi connectivity index (χ4v) is 2.57. The van der Waals surface area contributed by atoms with Crippen molar-refractivity contribution in [2.45, 2.75) is 11.8 Å². The first kappa shape index (κ1) is 12.9. The van der Waals surface area contributed by atoms with E-state index in [9.17, 15) is 8.78 Å². The molecule has 1 rings (SSSR count). The number of benzene rings is 1. The van der Waals surface area contributed by atoms with Crippen molar-refractivity contribution in [1.82, 2.24) is 0 Å². The van der Waals surface area contributed by atoms with Crippen molar-refractivity contribution in [2.75, 3.05) is 18.5 Å². The molecule has 5 heteroatoms. The number of hydrogen-bond donors (Lipinski definition) is 0. The van der Waals surface area contributed by atoms with Crippen LogP contribution in [0.25, 0.3) is 0 Å². The van der Waals surface area contributed by atoms with Crippen LogP contribution in [0.3, 0.4) is 0 Å². The van der Waals surface area contributed by atoms with Gasteiger partial charge in [0.15, 0.2) is 0 Å². The average Bonchev–Trinajstić information content (AvgIpc) is 2.16. The summed E-state index contributed by atoms with van der Waals surface area (Å²) < 4.78 is 25.2. The summed E-state index contributed by atoms with van der Waals surface area (Å²) in [4.78, 5) is 1.54. The van der Waals surface area contributed by atoms with E-state index < -0.39 is 6.43 Å². The van der Waals surface area contributed by atoms with E-state index in [-0.39, 0.29) is 6.54 Å². The maximum atomic E-state index is 12.2. The third kappa shape index (κ3) is 3.72. The maximum Gasteiger partial charge on any atom is 0.255 e. The Labute approximate surface area is 105 Å².